The van der Waals surface area contributed by atoms with Crippen molar-refractivity contribution < 1.29 is 19.1 Å². The van der Waals surface area contributed by atoms with E-state index in [0.29, 0.717) is 6.54 Å². The largest absolute Gasteiger partial charge is 0.497 e. The lowest BCUT2D eigenvalue weighted by molar-refractivity contribution is -0.143. The van der Waals surface area contributed by atoms with E-state index in [-0.39, 0.29) is 5.92 Å². The Labute approximate surface area is 131 Å². The topological polar surface area (TPSA) is 76.7 Å². The van der Waals surface area contributed by atoms with Crippen molar-refractivity contribution in [1.29, 1.82) is 0 Å². The third kappa shape index (κ3) is 4.95. The summed E-state index contributed by atoms with van der Waals surface area (Å²) in [5.74, 6) is 0.267. The summed E-state index contributed by atoms with van der Waals surface area (Å²) < 4.78 is 9.83. The van der Waals surface area contributed by atoms with Crippen LogP contribution in [-0.4, -0.2) is 32.3 Å². The lowest BCUT2D eigenvalue weighted by Gasteiger charge is -2.20. The Bertz CT molecular complexity index is 529. The fourth-order valence-corrected chi connectivity index (χ4v) is 1.99. The average molecular weight is 308 g/mol. The Kier molecular flexibility index (Phi) is 6.69. The number of amides is 2. The van der Waals surface area contributed by atoms with E-state index in [2.05, 4.69) is 15.4 Å². The van der Waals surface area contributed by atoms with E-state index >= 15 is 0 Å². The first-order valence-electron chi connectivity index (χ1n) is 7.14. The summed E-state index contributed by atoms with van der Waals surface area (Å²) in [6, 6.07) is 4.57. The van der Waals surface area contributed by atoms with Gasteiger partial charge < -0.3 is 20.1 Å². The second kappa shape index (κ2) is 8.26. The Morgan fingerprint density at radius 1 is 1.23 bits per heavy atom. The summed E-state index contributed by atoms with van der Waals surface area (Å²) in [6.45, 7) is 6.00. The predicted molar refractivity (Wildman–Crippen MR) is 83.7 cm³/mol. The van der Waals surface area contributed by atoms with Gasteiger partial charge in [-0.15, -0.1) is 0 Å². The number of ether oxygens (including phenoxy) is 2. The number of hydrogen-bond acceptors (Lipinski definition) is 4. The van der Waals surface area contributed by atoms with Crippen molar-refractivity contribution in [3.8, 4) is 5.75 Å². The van der Waals surface area contributed by atoms with Crippen molar-refractivity contribution in [3.05, 3.63) is 29.3 Å². The zero-order valence-corrected chi connectivity index (χ0v) is 13.7. The van der Waals surface area contributed by atoms with Gasteiger partial charge in [-0.25, -0.2) is 9.59 Å². The third-order valence-electron chi connectivity index (χ3n) is 3.40. The molecule has 1 atom stereocenters. The molecule has 0 saturated heterocycles. The molecule has 1 aromatic carbocycles. The number of methoxy groups -OCH3 is 2. The Morgan fingerprint density at radius 2 is 1.91 bits per heavy atom. The van der Waals surface area contributed by atoms with Crippen molar-refractivity contribution in [3.63, 3.8) is 0 Å². The fraction of sp³-hybridized carbons (Fsp3) is 0.500. The highest BCUT2D eigenvalue weighted by atomic mass is 16.5. The van der Waals surface area contributed by atoms with Crippen molar-refractivity contribution in [2.24, 2.45) is 5.92 Å². The summed E-state index contributed by atoms with van der Waals surface area (Å²) >= 11 is 0. The maximum Gasteiger partial charge on any atom is 0.328 e. The maximum atomic E-state index is 11.9. The fourth-order valence-electron chi connectivity index (χ4n) is 1.99. The second-order valence-electron chi connectivity index (χ2n) is 5.36. The first-order chi connectivity index (χ1) is 10.4. The second-order valence-corrected chi connectivity index (χ2v) is 5.36. The average Bonchev–Trinajstić information content (AvgIpc) is 2.50. The van der Waals surface area contributed by atoms with Gasteiger partial charge in [0.15, 0.2) is 0 Å². The molecule has 122 valence electrons. The molecule has 0 aliphatic heterocycles. The number of carbonyl (C=O) groups is 2. The molecule has 1 rings (SSSR count). The van der Waals surface area contributed by atoms with E-state index in [9.17, 15) is 9.59 Å². The standard InChI is InChI=1S/C16H24N2O4/c1-10(2)14(15(19)22-5)18-16(20)17-9-12-6-7-13(21-4)8-11(12)3/h6-8,10,14H,9H2,1-5H3,(H2,17,18,20)/t14-/m0/s1. The van der Waals surface area contributed by atoms with Crippen molar-refractivity contribution in [2.75, 3.05) is 14.2 Å². The highest BCUT2D eigenvalue weighted by Gasteiger charge is 2.24. The van der Waals surface area contributed by atoms with E-state index < -0.39 is 18.0 Å². The molecule has 0 radical (unpaired) electrons. The third-order valence-corrected chi connectivity index (χ3v) is 3.40. The normalized spacial score (nSPS) is 11.7. The predicted octanol–water partition coefficient (Wildman–Crippen LogP) is 2.00. The molecule has 0 bridgehead atoms. The molecule has 0 saturated carbocycles. The first-order valence-corrected chi connectivity index (χ1v) is 7.14. The van der Waals surface area contributed by atoms with Gasteiger partial charge in [0.05, 0.1) is 14.2 Å². The van der Waals surface area contributed by atoms with Gasteiger partial charge in [0, 0.05) is 6.54 Å². The summed E-state index contributed by atoms with van der Waals surface area (Å²) in [7, 11) is 2.91. The molecule has 2 N–H and O–H groups in total. The molecule has 0 aliphatic rings. The monoisotopic (exact) mass is 308 g/mol. The van der Waals surface area contributed by atoms with Crippen LogP contribution in [-0.2, 0) is 16.1 Å². The van der Waals surface area contributed by atoms with Crippen molar-refractivity contribution in [1.82, 2.24) is 10.6 Å². The molecule has 6 heteroatoms. The zero-order valence-electron chi connectivity index (χ0n) is 13.7. The van der Waals surface area contributed by atoms with Gasteiger partial charge in [-0.1, -0.05) is 19.9 Å². The molecule has 6 nitrogen and oxygen atoms in total. The van der Waals surface area contributed by atoms with Crippen LogP contribution in [0.1, 0.15) is 25.0 Å². The lowest BCUT2D eigenvalue weighted by Crippen LogP contribution is -2.48. The molecule has 22 heavy (non-hydrogen) atoms. The van der Waals surface area contributed by atoms with Crippen LogP contribution in [0.2, 0.25) is 0 Å². The number of hydrogen-bond donors (Lipinski definition) is 2. The van der Waals surface area contributed by atoms with Crippen molar-refractivity contribution in [2.45, 2.75) is 33.4 Å². The van der Waals surface area contributed by atoms with Crippen LogP contribution >= 0.6 is 0 Å². The lowest BCUT2D eigenvalue weighted by atomic mass is 10.1. The van der Waals surface area contributed by atoms with E-state index in [1.807, 2.05) is 39.0 Å². The van der Waals surface area contributed by atoms with Crippen LogP contribution in [0.4, 0.5) is 4.79 Å². The summed E-state index contributed by atoms with van der Waals surface area (Å²) in [6.07, 6.45) is 0. The maximum absolute atomic E-state index is 11.9. The molecular formula is C16H24N2O4. The minimum Gasteiger partial charge on any atom is -0.497 e. The van der Waals surface area contributed by atoms with Crippen LogP contribution in [0.15, 0.2) is 18.2 Å². The summed E-state index contributed by atoms with van der Waals surface area (Å²) in [5, 5.41) is 5.37. The molecule has 2 amide bonds. The molecule has 0 aromatic heterocycles. The summed E-state index contributed by atoms with van der Waals surface area (Å²) in [5.41, 5.74) is 2.00. The quantitative estimate of drug-likeness (QED) is 0.788. The van der Waals surface area contributed by atoms with Crippen LogP contribution in [0.25, 0.3) is 0 Å². The van der Waals surface area contributed by atoms with E-state index in [0.717, 1.165) is 16.9 Å². The molecule has 0 spiro atoms. The molecule has 0 aliphatic carbocycles. The van der Waals surface area contributed by atoms with Gasteiger partial charge in [-0.2, -0.15) is 0 Å². The molecule has 0 fully saturated rings. The van der Waals surface area contributed by atoms with Crippen LogP contribution in [0, 0.1) is 12.8 Å². The van der Waals surface area contributed by atoms with E-state index in [1.165, 1.54) is 7.11 Å². The number of rotatable bonds is 6. The SMILES string of the molecule is COC(=O)[C@@H](NC(=O)NCc1ccc(OC)cc1C)C(C)C. The number of aryl methyl sites for hydroxylation is 1. The van der Waals surface area contributed by atoms with Gasteiger partial charge >= 0.3 is 12.0 Å². The number of carbonyl (C=O) groups excluding carboxylic acids is 2. The number of esters is 1. The van der Waals surface area contributed by atoms with E-state index in [4.69, 9.17) is 4.74 Å². The first kappa shape index (κ1) is 17.8. The molecule has 1 aromatic rings. The van der Waals surface area contributed by atoms with Gasteiger partial charge in [0.25, 0.3) is 0 Å². The number of benzene rings is 1. The van der Waals surface area contributed by atoms with Gasteiger partial charge in [-0.3, -0.25) is 0 Å². The highest BCUT2D eigenvalue weighted by molar-refractivity contribution is 5.83. The van der Waals surface area contributed by atoms with Crippen LogP contribution in [0.5, 0.6) is 5.75 Å². The Balaban J connectivity index is 2.60. The Morgan fingerprint density at radius 3 is 2.41 bits per heavy atom. The van der Waals surface area contributed by atoms with Crippen LogP contribution < -0.4 is 15.4 Å². The van der Waals surface area contributed by atoms with Gasteiger partial charge in [0.2, 0.25) is 0 Å². The van der Waals surface area contributed by atoms with Gasteiger partial charge in [0.1, 0.15) is 11.8 Å². The minimum absolute atomic E-state index is 0.0547. The molecule has 0 heterocycles. The molecule has 0 unspecified atom stereocenters. The van der Waals surface area contributed by atoms with Crippen molar-refractivity contribution >= 4 is 12.0 Å². The smallest absolute Gasteiger partial charge is 0.328 e. The zero-order chi connectivity index (χ0) is 16.7. The number of nitrogens with one attached hydrogen (secondary N) is 2. The van der Waals surface area contributed by atoms with Gasteiger partial charge in [-0.05, 0) is 36.1 Å². The molecular weight excluding hydrogens is 284 g/mol. The summed E-state index contributed by atoms with van der Waals surface area (Å²) in [4.78, 5) is 23.5. The number of urea groups is 1. The Hall–Kier alpha value is -2.24. The minimum atomic E-state index is -0.665. The highest BCUT2D eigenvalue weighted by Crippen LogP contribution is 2.16. The van der Waals surface area contributed by atoms with E-state index in [1.54, 1.807) is 7.11 Å². The van der Waals surface area contributed by atoms with Crippen LogP contribution in [0.3, 0.4) is 0 Å².